The van der Waals surface area contributed by atoms with E-state index in [1.165, 1.54) is 18.2 Å². The second-order valence-electron chi connectivity index (χ2n) is 5.54. The van der Waals surface area contributed by atoms with Crippen molar-refractivity contribution in [2.45, 2.75) is 26.2 Å². The Hall–Kier alpha value is -2.01. The number of hydrogen-bond acceptors (Lipinski definition) is 3. The van der Waals surface area contributed by atoms with Crippen LogP contribution in [0.3, 0.4) is 0 Å². The van der Waals surface area contributed by atoms with E-state index in [0.29, 0.717) is 11.4 Å². The van der Waals surface area contributed by atoms with E-state index in [2.05, 4.69) is 15.5 Å². The number of nitrogens with one attached hydrogen (secondary N) is 2. The number of phenolic OH excluding ortho intramolecular Hbond substituents is 1. The monoisotopic (exact) mass is 293 g/mol. The van der Waals surface area contributed by atoms with Gasteiger partial charge >= 0.3 is 0 Å². The van der Waals surface area contributed by atoms with Gasteiger partial charge in [-0.2, -0.15) is 5.10 Å². The average Bonchev–Trinajstić information content (AvgIpc) is 2.81. The molecule has 0 unspecified atom stereocenters. The zero-order chi connectivity index (χ0) is 14.9. The van der Waals surface area contributed by atoms with Crippen LogP contribution in [0.25, 0.3) is 0 Å². The van der Waals surface area contributed by atoms with Gasteiger partial charge in [0.1, 0.15) is 5.75 Å². The molecular formula is C14H16ClN3O2. The molecule has 20 heavy (non-hydrogen) atoms. The number of aromatic hydroxyl groups is 1. The van der Waals surface area contributed by atoms with Gasteiger partial charge in [0.25, 0.3) is 5.91 Å². The summed E-state index contributed by atoms with van der Waals surface area (Å²) in [6.07, 6.45) is 0. The summed E-state index contributed by atoms with van der Waals surface area (Å²) in [5, 5.41) is 19.1. The number of aromatic amines is 1. The number of rotatable bonds is 2. The van der Waals surface area contributed by atoms with Gasteiger partial charge in [-0.25, -0.2) is 0 Å². The van der Waals surface area contributed by atoms with Crippen molar-refractivity contribution >= 4 is 23.3 Å². The molecule has 1 aromatic carbocycles. The summed E-state index contributed by atoms with van der Waals surface area (Å²) in [5.41, 5.74) is 1.21. The number of carbonyl (C=O) groups is 1. The van der Waals surface area contributed by atoms with Crippen LogP contribution in [0, 0.1) is 0 Å². The van der Waals surface area contributed by atoms with Crippen molar-refractivity contribution < 1.29 is 9.90 Å². The number of benzene rings is 1. The first-order valence-electron chi connectivity index (χ1n) is 6.13. The Morgan fingerprint density at radius 3 is 2.60 bits per heavy atom. The number of H-pyrrole nitrogens is 1. The van der Waals surface area contributed by atoms with Gasteiger partial charge in [-0.1, -0.05) is 32.4 Å². The Bertz CT molecular complexity index is 644. The highest BCUT2D eigenvalue weighted by Crippen LogP contribution is 2.25. The third-order valence-corrected chi connectivity index (χ3v) is 3.14. The van der Waals surface area contributed by atoms with Crippen LogP contribution in [0.1, 0.15) is 36.8 Å². The van der Waals surface area contributed by atoms with Crippen LogP contribution in [0.5, 0.6) is 5.75 Å². The van der Waals surface area contributed by atoms with Crippen molar-refractivity contribution in [1.29, 1.82) is 0 Å². The molecular weight excluding hydrogens is 278 g/mol. The summed E-state index contributed by atoms with van der Waals surface area (Å²) in [5.74, 6) is 0.0565. The minimum atomic E-state index is -0.334. The van der Waals surface area contributed by atoms with E-state index in [0.717, 1.165) is 5.69 Å². The summed E-state index contributed by atoms with van der Waals surface area (Å²) in [7, 11) is 0. The second kappa shape index (κ2) is 5.17. The first-order valence-corrected chi connectivity index (χ1v) is 6.51. The van der Waals surface area contributed by atoms with Gasteiger partial charge in [0.15, 0.2) is 5.82 Å². The lowest BCUT2D eigenvalue weighted by molar-refractivity contribution is 0.102. The molecule has 0 atom stereocenters. The molecule has 1 aromatic heterocycles. The highest BCUT2D eigenvalue weighted by atomic mass is 35.5. The van der Waals surface area contributed by atoms with E-state index in [1.807, 2.05) is 20.8 Å². The molecule has 106 valence electrons. The fraction of sp³-hybridized carbons (Fsp3) is 0.286. The smallest absolute Gasteiger partial charge is 0.256 e. The van der Waals surface area contributed by atoms with Gasteiger partial charge in [-0.15, -0.1) is 0 Å². The maximum absolute atomic E-state index is 12.0. The largest absolute Gasteiger partial charge is 0.506 e. The lowest BCUT2D eigenvalue weighted by Crippen LogP contribution is -2.12. The van der Waals surface area contributed by atoms with E-state index in [9.17, 15) is 9.90 Å². The van der Waals surface area contributed by atoms with Crippen LogP contribution in [0.15, 0.2) is 24.3 Å². The van der Waals surface area contributed by atoms with E-state index >= 15 is 0 Å². The first kappa shape index (κ1) is 14.4. The van der Waals surface area contributed by atoms with Crippen LogP contribution >= 0.6 is 11.6 Å². The molecule has 0 aliphatic carbocycles. The van der Waals surface area contributed by atoms with Crippen molar-refractivity contribution in [3.63, 3.8) is 0 Å². The fourth-order valence-corrected chi connectivity index (χ4v) is 1.79. The van der Waals surface area contributed by atoms with Crippen LogP contribution in [-0.4, -0.2) is 21.2 Å². The Kier molecular flexibility index (Phi) is 3.72. The fourth-order valence-electron chi connectivity index (χ4n) is 1.61. The van der Waals surface area contributed by atoms with Crippen LogP contribution in [0.2, 0.25) is 5.02 Å². The molecule has 0 saturated carbocycles. The molecule has 2 aromatic rings. The normalized spacial score (nSPS) is 11.4. The molecule has 6 heteroatoms. The van der Waals surface area contributed by atoms with Crippen molar-refractivity contribution in [3.05, 3.63) is 40.5 Å². The summed E-state index contributed by atoms with van der Waals surface area (Å²) in [6, 6.07) is 6.07. The van der Waals surface area contributed by atoms with Gasteiger partial charge in [-0.3, -0.25) is 9.89 Å². The Labute approximate surface area is 122 Å². The predicted molar refractivity (Wildman–Crippen MR) is 78.4 cm³/mol. The van der Waals surface area contributed by atoms with Gasteiger partial charge in [0.05, 0.1) is 5.02 Å². The third kappa shape index (κ3) is 3.11. The molecule has 0 spiro atoms. The number of carbonyl (C=O) groups excluding carboxylic acids is 1. The third-order valence-electron chi connectivity index (χ3n) is 2.84. The van der Waals surface area contributed by atoms with Crippen molar-refractivity contribution in [2.75, 3.05) is 5.32 Å². The van der Waals surface area contributed by atoms with E-state index in [4.69, 9.17) is 11.6 Å². The minimum absolute atomic E-state index is 0.0574. The maximum atomic E-state index is 12.0. The highest BCUT2D eigenvalue weighted by molar-refractivity contribution is 6.32. The van der Waals surface area contributed by atoms with Gasteiger partial charge in [0, 0.05) is 22.7 Å². The van der Waals surface area contributed by atoms with Crippen LogP contribution in [0.4, 0.5) is 5.82 Å². The van der Waals surface area contributed by atoms with Gasteiger partial charge in [-0.05, 0) is 18.2 Å². The number of anilines is 1. The van der Waals surface area contributed by atoms with Crippen LogP contribution < -0.4 is 5.32 Å². The second-order valence-corrected chi connectivity index (χ2v) is 5.94. The van der Waals surface area contributed by atoms with E-state index < -0.39 is 0 Å². The number of hydrogen-bond donors (Lipinski definition) is 3. The summed E-state index contributed by atoms with van der Waals surface area (Å²) >= 11 is 5.77. The quantitative estimate of drug-likeness (QED) is 0.795. The zero-order valence-electron chi connectivity index (χ0n) is 11.5. The maximum Gasteiger partial charge on any atom is 0.256 e. The zero-order valence-corrected chi connectivity index (χ0v) is 12.2. The summed E-state index contributed by atoms with van der Waals surface area (Å²) in [6.45, 7) is 6.14. The van der Waals surface area contributed by atoms with Crippen LogP contribution in [-0.2, 0) is 5.41 Å². The standard InChI is InChI=1S/C14H16ClN3O2/c1-14(2,3)11-7-12(18-17-11)16-13(20)8-4-5-10(19)9(15)6-8/h4-7,19H,1-3H3,(H2,16,17,18,20). The molecule has 0 bridgehead atoms. The van der Waals surface area contributed by atoms with E-state index in [1.54, 1.807) is 6.07 Å². The predicted octanol–water partition coefficient (Wildman–Crippen LogP) is 3.32. The SMILES string of the molecule is CC(C)(C)c1cc(NC(=O)c2ccc(O)c(Cl)c2)n[nH]1. The number of phenols is 1. The van der Waals surface area contributed by atoms with Gasteiger partial charge in [0.2, 0.25) is 0 Å². The Morgan fingerprint density at radius 2 is 2.05 bits per heavy atom. The molecule has 2 rings (SSSR count). The lowest BCUT2D eigenvalue weighted by Gasteiger charge is -2.14. The van der Waals surface area contributed by atoms with Crippen molar-refractivity contribution in [3.8, 4) is 5.75 Å². The molecule has 1 heterocycles. The molecule has 0 aliphatic heterocycles. The molecule has 0 radical (unpaired) electrons. The van der Waals surface area contributed by atoms with Crippen molar-refractivity contribution in [2.24, 2.45) is 0 Å². The highest BCUT2D eigenvalue weighted by Gasteiger charge is 2.17. The van der Waals surface area contributed by atoms with Gasteiger partial charge < -0.3 is 10.4 Å². The molecule has 1 amide bonds. The molecule has 0 saturated heterocycles. The minimum Gasteiger partial charge on any atom is -0.506 e. The Morgan fingerprint density at radius 1 is 1.35 bits per heavy atom. The lowest BCUT2D eigenvalue weighted by atomic mass is 9.92. The topological polar surface area (TPSA) is 78.0 Å². The number of nitrogens with zero attached hydrogens (tertiary/aromatic N) is 1. The summed E-state index contributed by atoms with van der Waals surface area (Å²) < 4.78 is 0. The molecule has 5 nitrogen and oxygen atoms in total. The number of amides is 1. The molecule has 0 aliphatic rings. The van der Waals surface area contributed by atoms with E-state index in [-0.39, 0.29) is 22.1 Å². The number of halogens is 1. The Balaban J connectivity index is 2.15. The van der Waals surface area contributed by atoms with Crippen molar-refractivity contribution in [1.82, 2.24) is 10.2 Å². The average molecular weight is 294 g/mol. The summed E-state index contributed by atoms with van der Waals surface area (Å²) in [4.78, 5) is 12.0. The molecule has 3 N–H and O–H groups in total. The first-order chi connectivity index (χ1) is 9.27. The molecule has 0 fully saturated rings. The number of aromatic nitrogens is 2.